The molecule has 1 aromatic heterocycles. The number of anilines is 1. The molecule has 5 rings (SSSR count). The van der Waals surface area contributed by atoms with Crippen molar-refractivity contribution in [3.63, 3.8) is 0 Å². The van der Waals surface area contributed by atoms with Gasteiger partial charge in [-0.2, -0.15) is 0 Å². The molecule has 0 radical (unpaired) electrons. The molecule has 2 aromatic rings. The van der Waals surface area contributed by atoms with Gasteiger partial charge in [-0.05, 0) is 57.7 Å². The highest BCUT2D eigenvalue weighted by atomic mass is 32.2. The maximum Gasteiger partial charge on any atom is 0.272 e. The van der Waals surface area contributed by atoms with E-state index in [1.165, 1.54) is 22.5 Å². The van der Waals surface area contributed by atoms with Gasteiger partial charge in [-0.25, -0.2) is 22.7 Å². The van der Waals surface area contributed by atoms with E-state index in [1.807, 2.05) is 17.9 Å². The zero-order valence-corrected chi connectivity index (χ0v) is 24.6. The van der Waals surface area contributed by atoms with Crippen molar-refractivity contribution in [2.24, 2.45) is 0 Å². The molecule has 1 aromatic carbocycles. The van der Waals surface area contributed by atoms with Gasteiger partial charge < -0.3 is 19.9 Å². The lowest BCUT2D eigenvalue weighted by molar-refractivity contribution is 0.0542. The summed E-state index contributed by atoms with van der Waals surface area (Å²) in [5.74, 6) is 1.04. The number of carbonyl (C=O) groups excluding carboxylic acids is 1. The first-order chi connectivity index (χ1) is 19.2. The zero-order chi connectivity index (χ0) is 28.3. The lowest BCUT2D eigenvalue weighted by Gasteiger charge is -2.43. The largest absolute Gasteiger partial charge is 0.376 e. The molecule has 2 unspecified atom stereocenters. The first kappa shape index (κ1) is 28.9. The lowest BCUT2D eigenvalue weighted by atomic mass is 9.96. The van der Waals surface area contributed by atoms with Crippen molar-refractivity contribution in [1.82, 2.24) is 24.1 Å². The van der Waals surface area contributed by atoms with E-state index in [0.717, 1.165) is 50.8 Å². The third-order valence-corrected chi connectivity index (χ3v) is 10.3. The number of hydrogen-bond acceptors (Lipinski definition) is 8. The highest BCUT2D eigenvalue weighted by Gasteiger charge is 2.33. The maximum absolute atomic E-state index is 13.4. The summed E-state index contributed by atoms with van der Waals surface area (Å²) in [6, 6.07) is 11.0. The zero-order valence-electron chi connectivity index (χ0n) is 23.8. The Labute approximate surface area is 238 Å². The van der Waals surface area contributed by atoms with Gasteiger partial charge in [0.1, 0.15) is 17.8 Å². The molecule has 3 fully saturated rings. The van der Waals surface area contributed by atoms with Crippen LogP contribution in [0.3, 0.4) is 0 Å². The van der Waals surface area contributed by atoms with Crippen molar-refractivity contribution in [2.45, 2.75) is 63.1 Å². The molecule has 0 bridgehead atoms. The van der Waals surface area contributed by atoms with E-state index < -0.39 is 10.0 Å². The highest BCUT2D eigenvalue weighted by Crippen LogP contribution is 2.30. The second kappa shape index (κ2) is 12.5. The molecule has 11 heteroatoms. The summed E-state index contributed by atoms with van der Waals surface area (Å²) in [6.07, 6.45) is 7.30. The number of piperidine rings is 2. The standard InChI is InChI=1S/C29H42N6O4S/c1-21-27(31-20-32-28(21)30-18-26-17-23(19-39-26)22-7-5-4-6-8-22)29(36)35-15-11-25(12-16-35)34-13-9-24(10-14-34)33(2)40(3,37)38/h4-8,20,23-26H,9-19H2,1-3H3,(H,30,31,32). The molecule has 0 saturated carbocycles. The Hall–Kier alpha value is -2.60. The normalized spacial score (nSPS) is 23.6. The predicted octanol–water partition coefficient (Wildman–Crippen LogP) is 2.73. The minimum atomic E-state index is -3.17. The SMILES string of the molecule is Cc1c(NCC2CC(c3ccccc3)CO2)ncnc1C(=O)N1CCC(N2CCC(N(C)S(C)(=O)=O)CC2)CC1. The van der Waals surface area contributed by atoms with Crippen molar-refractivity contribution in [3.05, 3.63) is 53.5 Å². The molecule has 1 N–H and O–H groups in total. The Morgan fingerprint density at radius 2 is 1.77 bits per heavy atom. The second-order valence-corrected chi connectivity index (χ2v) is 13.5. The Bertz CT molecular complexity index is 1260. The summed E-state index contributed by atoms with van der Waals surface area (Å²) in [6.45, 7) is 6.42. The third kappa shape index (κ3) is 6.64. The van der Waals surface area contributed by atoms with Crippen LogP contribution < -0.4 is 5.32 Å². The first-order valence-corrected chi connectivity index (χ1v) is 16.2. The van der Waals surface area contributed by atoms with Crippen LogP contribution in [0.5, 0.6) is 0 Å². The Morgan fingerprint density at radius 3 is 2.45 bits per heavy atom. The van der Waals surface area contributed by atoms with Gasteiger partial charge in [0, 0.05) is 50.2 Å². The van der Waals surface area contributed by atoms with Gasteiger partial charge in [-0.1, -0.05) is 30.3 Å². The number of nitrogens with zero attached hydrogens (tertiary/aromatic N) is 5. The first-order valence-electron chi connectivity index (χ1n) is 14.4. The second-order valence-electron chi connectivity index (χ2n) is 11.4. The molecule has 3 aliphatic heterocycles. The predicted molar refractivity (Wildman–Crippen MR) is 155 cm³/mol. The average molecular weight is 571 g/mol. The van der Waals surface area contributed by atoms with E-state index in [9.17, 15) is 13.2 Å². The summed E-state index contributed by atoms with van der Waals surface area (Å²) in [5, 5.41) is 3.40. The smallest absolute Gasteiger partial charge is 0.272 e. The van der Waals surface area contributed by atoms with Crippen molar-refractivity contribution in [1.29, 1.82) is 0 Å². The quantitative estimate of drug-likeness (QED) is 0.516. The van der Waals surface area contributed by atoms with Crippen LogP contribution in [0.15, 0.2) is 36.7 Å². The van der Waals surface area contributed by atoms with Crippen LogP contribution in [0.2, 0.25) is 0 Å². The molecule has 2 atom stereocenters. The summed E-state index contributed by atoms with van der Waals surface area (Å²) in [5.41, 5.74) is 2.53. The minimum absolute atomic E-state index is 0.0452. The minimum Gasteiger partial charge on any atom is -0.376 e. The molecule has 4 heterocycles. The van der Waals surface area contributed by atoms with Crippen LogP contribution in [0, 0.1) is 6.92 Å². The summed E-state index contributed by atoms with van der Waals surface area (Å²) in [7, 11) is -1.49. The van der Waals surface area contributed by atoms with Crippen molar-refractivity contribution >= 4 is 21.7 Å². The molecule has 218 valence electrons. The molecule has 3 aliphatic rings. The van der Waals surface area contributed by atoms with E-state index in [1.54, 1.807) is 7.05 Å². The lowest BCUT2D eigenvalue weighted by Crippen LogP contribution is -2.52. The molecule has 40 heavy (non-hydrogen) atoms. The van der Waals surface area contributed by atoms with Gasteiger partial charge >= 0.3 is 0 Å². The van der Waals surface area contributed by atoms with E-state index >= 15 is 0 Å². The molecule has 0 spiro atoms. The molecule has 1 amide bonds. The topological polar surface area (TPSA) is 108 Å². The molecule has 0 aliphatic carbocycles. The number of ether oxygens (including phenoxy) is 1. The number of nitrogens with one attached hydrogen (secondary N) is 1. The van der Waals surface area contributed by atoms with Gasteiger partial charge in [0.15, 0.2) is 0 Å². The van der Waals surface area contributed by atoms with E-state index in [2.05, 4.69) is 44.5 Å². The van der Waals surface area contributed by atoms with Gasteiger partial charge in [0.25, 0.3) is 5.91 Å². The number of likely N-dealkylation sites (tertiary alicyclic amines) is 2. The van der Waals surface area contributed by atoms with Crippen molar-refractivity contribution in [2.75, 3.05) is 58.0 Å². The Kier molecular flexibility index (Phi) is 9.04. The number of amides is 1. The summed E-state index contributed by atoms with van der Waals surface area (Å²) < 4.78 is 31.3. The molecular formula is C29H42N6O4S. The molecule has 10 nitrogen and oxygen atoms in total. The molecule has 3 saturated heterocycles. The fraction of sp³-hybridized carbons (Fsp3) is 0.621. The van der Waals surface area contributed by atoms with Crippen molar-refractivity contribution in [3.8, 4) is 0 Å². The van der Waals surface area contributed by atoms with Crippen LogP contribution in [0.1, 0.15) is 59.6 Å². The van der Waals surface area contributed by atoms with Crippen LogP contribution in [-0.4, -0.2) is 109 Å². The number of sulfonamides is 1. The van der Waals surface area contributed by atoms with Crippen molar-refractivity contribution < 1.29 is 17.9 Å². The van der Waals surface area contributed by atoms with Crippen LogP contribution in [-0.2, 0) is 14.8 Å². The monoisotopic (exact) mass is 570 g/mol. The average Bonchev–Trinajstić information content (AvgIpc) is 3.45. The summed E-state index contributed by atoms with van der Waals surface area (Å²) >= 11 is 0. The Balaban J connectivity index is 1.10. The Morgan fingerprint density at radius 1 is 1.07 bits per heavy atom. The van der Waals surface area contributed by atoms with E-state index in [0.29, 0.717) is 49.7 Å². The van der Waals surface area contributed by atoms with Crippen LogP contribution in [0.25, 0.3) is 0 Å². The van der Waals surface area contributed by atoms with Gasteiger partial charge in [-0.3, -0.25) is 4.79 Å². The third-order valence-electron chi connectivity index (χ3n) is 8.94. The van der Waals surface area contributed by atoms with E-state index in [4.69, 9.17) is 4.74 Å². The van der Waals surface area contributed by atoms with Crippen LogP contribution >= 0.6 is 0 Å². The number of aromatic nitrogens is 2. The maximum atomic E-state index is 13.4. The summed E-state index contributed by atoms with van der Waals surface area (Å²) in [4.78, 5) is 26.6. The van der Waals surface area contributed by atoms with E-state index in [-0.39, 0.29) is 18.1 Å². The number of benzene rings is 1. The number of hydrogen-bond donors (Lipinski definition) is 1. The fourth-order valence-corrected chi connectivity index (χ4v) is 7.08. The highest BCUT2D eigenvalue weighted by molar-refractivity contribution is 7.88. The van der Waals surface area contributed by atoms with Gasteiger partial charge in [0.2, 0.25) is 10.0 Å². The fourth-order valence-electron chi connectivity index (χ4n) is 6.33. The van der Waals surface area contributed by atoms with Crippen LogP contribution in [0.4, 0.5) is 5.82 Å². The number of rotatable bonds is 8. The van der Waals surface area contributed by atoms with Gasteiger partial charge in [0.05, 0.1) is 19.0 Å². The number of carbonyl (C=O) groups is 1. The molecular weight excluding hydrogens is 528 g/mol. The van der Waals surface area contributed by atoms with Gasteiger partial charge in [-0.15, -0.1) is 0 Å².